The van der Waals surface area contributed by atoms with Gasteiger partial charge in [0.25, 0.3) is 0 Å². The minimum Gasteiger partial charge on any atom is -0.489 e. The average Bonchev–Trinajstić information content (AvgIpc) is 3.69. The minimum absolute atomic E-state index is 0.0173. The number of guanidine groups is 1. The average molecular weight is 951 g/mol. The molecule has 0 atom stereocenters. The van der Waals surface area contributed by atoms with Crippen LogP contribution in [0.4, 0.5) is 25.9 Å². The Labute approximate surface area is 399 Å². The number of nitrogens with zero attached hydrogens (tertiary/aromatic N) is 4. The van der Waals surface area contributed by atoms with Gasteiger partial charge in [0.2, 0.25) is 11.9 Å². The predicted octanol–water partition coefficient (Wildman–Crippen LogP) is 6.13. The molecule has 0 unspecified atom stereocenters. The fourth-order valence-electron chi connectivity index (χ4n) is 7.61. The molecule has 0 saturated carbocycles. The van der Waals surface area contributed by atoms with E-state index < -0.39 is 48.9 Å². The summed E-state index contributed by atoms with van der Waals surface area (Å²) in [5, 5.41) is 20.0. The number of carbonyl (C=O) groups excluding carboxylic acids is 4. The number of hydrogen-bond acceptors (Lipinski definition) is 14. The Balaban J connectivity index is 0.845. The lowest BCUT2D eigenvalue weighted by Gasteiger charge is -2.24. The number of carboxylic acid groups (broad SMARTS) is 1. The Morgan fingerprint density at radius 3 is 1.99 bits per heavy atom. The second-order valence-corrected chi connectivity index (χ2v) is 15.6. The van der Waals surface area contributed by atoms with Crippen molar-refractivity contribution in [3.63, 3.8) is 0 Å². The van der Waals surface area contributed by atoms with Gasteiger partial charge in [-0.05, 0) is 45.5 Å². The highest BCUT2D eigenvalue weighted by Crippen LogP contribution is 2.46. The van der Waals surface area contributed by atoms with Gasteiger partial charge in [-0.2, -0.15) is 4.98 Å². The summed E-state index contributed by atoms with van der Waals surface area (Å²) in [6.07, 6.45) is -1.22. The van der Waals surface area contributed by atoms with Crippen molar-refractivity contribution in [3.05, 3.63) is 166 Å². The number of aromatic nitrogens is 2. The molecule has 6 aromatic rings. The maximum Gasteiger partial charge on any atom is 0.414 e. The summed E-state index contributed by atoms with van der Waals surface area (Å²) in [6.45, 7) is -1.74. The van der Waals surface area contributed by atoms with Crippen LogP contribution in [0.3, 0.4) is 0 Å². The van der Waals surface area contributed by atoms with Crippen molar-refractivity contribution in [3.8, 4) is 28.4 Å². The van der Waals surface area contributed by atoms with Crippen molar-refractivity contribution >= 4 is 47.6 Å². The number of ether oxygens (including phenoxy) is 5. The standard InChI is InChI=1S/C50H46N8O12/c59-42(57(28-43(60)61)24-22-52-48(63)69-31-38-36-18-9-7-16-34(36)35-17-8-10-19-37(35)38)27-58-26-41-45(54-47(58)62)53-44-39(20-11-21-40(44)70-41)66-25-23-51-46(55-49(64)67-29-32-12-3-1-4-13-32)56-50(65)68-30-33-14-5-2-6-15-33/h1-21,26,38H,22-25,27-31H2,(H,52,63)(H,60,61)(H,53,54,62)(H2,51,55,56,64,65). The van der Waals surface area contributed by atoms with Crippen molar-refractivity contribution in [2.24, 2.45) is 4.99 Å². The van der Waals surface area contributed by atoms with Crippen LogP contribution >= 0.6 is 0 Å². The smallest absolute Gasteiger partial charge is 0.414 e. The summed E-state index contributed by atoms with van der Waals surface area (Å²) >= 11 is 0. The lowest BCUT2D eigenvalue weighted by atomic mass is 9.98. The molecule has 1 aliphatic carbocycles. The number of fused-ring (bicyclic) bond motifs is 5. The number of carbonyl (C=O) groups is 5. The zero-order valence-electron chi connectivity index (χ0n) is 37.4. The van der Waals surface area contributed by atoms with E-state index in [0.29, 0.717) is 5.69 Å². The first kappa shape index (κ1) is 47.3. The molecule has 20 heteroatoms. The summed E-state index contributed by atoms with van der Waals surface area (Å²) in [4.78, 5) is 85.9. The van der Waals surface area contributed by atoms with Gasteiger partial charge >= 0.3 is 29.9 Å². The molecule has 2 heterocycles. The highest BCUT2D eigenvalue weighted by atomic mass is 16.6. The minimum atomic E-state index is -1.30. The number of benzene rings is 5. The van der Waals surface area contributed by atoms with E-state index in [0.717, 1.165) is 42.8 Å². The van der Waals surface area contributed by atoms with E-state index in [1.165, 1.54) is 6.20 Å². The molecule has 0 spiro atoms. The number of para-hydroxylation sites is 1. The number of aliphatic imine (C=N–C) groups is 1. The first-order chi connectivity index (χ1) is 34.1. The molecule has 20 nitrogen and oxygen atoms in total. The van der Waals surface area contributed by atoms with Gasteiger partial charge in [-0.3, -0.25) is 24.8 Å². The van der Waals surface area contributed by atoms with Crippen LogP contribution < -0.4 is 36.4 Å². The Kier molecular flexibility index (Phi) is 15.2. The fourth-order valence-corrected chi connectivity index (χ4v) is 7.61. The molecule has 5 N–H and O–H groups in total. The summed E-state index contributed by atoms with van der Waals surface area (Å²) in [5.41, 5.74) is 5.21. The van der Waals surface area contributed by atoms with Gasteiger partial charge in [0.05, 0.1) is 12.7 Å². The largest absolute Gasteiger partial charge is 0.489 e. The Bertz CT molecular complexity index is 2860. The molecule has 4 amide bonds. The third-order valence-electron chi connectivity index (χ3n) is 10.9. The normalized spacial score (nSPS) is 11.7. The molecule has 5 aromatic carbocycles. The number of alkyl carbamates (subject to hydrolysis) is 3. The monoisotopic (exact) mass is 950 g/mol. The van der Waals surface area contributed by atoms with Crippen LogP contribution in [0.2, 0.25) is 0 Å². The van der Waals surface area contributed by atoms with Crippen LogP contribution in [0.5, 0.6) is 17.2 Å². The highest BCUT2D eigenvalue weighted by Gasteiger charge is 2.30. The van der Waals surface area contributed by atoms with Gasteiger partial charge in [-0.25, -0.2) is 24.2 Å². The van der Waals surface area contributed by atoms with Crippen molar-refractivity contribution in [1.82, 2.24) is 30.4 Å². The van der Waals surface area contributed by atoms with Crippen LogP contribution in [0.1, 0.15) is 28.2 Å². The van der Waals surface area contributed by atoms with Crippen LogP contribution in [0, 0.1) is 0 Å². The van der Waals surface area contributed by atoms with Crippen LogP contribution in [-0.4, -0.2) is 95.1 Å². The molecule has 0 radical (unpaired) electrons. The van der Waals surface area contributed by atoms with E-state index in [1.54, 1.807) is 66.7 Å². The van der Waals surface area contributed by atoms with Gasteiger partial charge in [0.1, 0.15) is 51.0 Å². The van der Waals surface area contributed by atoms with Crippen molar-refractivity contribution < 1.29 is 52.8 Å². The lowest BCUT2D eigenvalue weighted by Crippen LogP contribution is -2.44. The lowest BCUT2D eigenvalue weighted by molar-refractivity contribution is -0.144. The summed E-state index contributed by atoms with van der Waals surface area (Å²) in [5.74, 6) is -1.78. The second-order valence-electron chi connectivity index (χ2n) is 15.6. The van der Waals surface area contributed by atoms with E-state index in [1.807, 2.05) is 60.7 Å². The first-order valence-corrected chi connectivity index (χ1v) is 22.0. The first-order valence-electron chi connectivity index (χ1n) is 22.0. The van der Waals surface area contributed by atoms with Crippen molar-refractivity contribution in [2.75, 3.05) is 44.7 Å². The Hall–Kier alpha value is -9.20. The third-order valence-corrected chi connectivity index (χ3v) is 10.9. The van der Waals surface area contributed by atoms with Crippen LogP contribution in [0.25, 0.3) is 11.1 Å². The molecule has 0 saturated heterocycles. The zero-order chi connectivity index (χ0) is 48.8. The number of carboxylic acids is 1. The molecule has 8 rings (SSSR count). The molecular weight excluding hydrogens is 905 g/mol. The zero-order valence-corrected chi connectivity index (χ0v) is 37.4. The molecular formula is C50H46N8O12. The van der Waals surface area contributed by atoms with Crippen LogP contribution in [-0.2, 0) is 43.6 Å². The molecule has 1 aliphatic heterocycles. The summed E-state index contributed by atoms with van der Waals surface area (Å²) in [7, 11) is 0. The Morgan fingerprint density at radius 1 is 0.743 bits per heavy atom. The third kappa shape index (κ3) is 12.2. The summed E-state index contributed by atoms with van der Waals surface area (Å²) < 4.78 is 29.2. The van der Waals surface area contributed by atoms with Gasteiger partial charge in [-0.15, -0.1) is 0 Å². The van der Waals surface area contributed by atoms with Crippen molar-refractivity contribution in [1.29, 1.82) is 0 Å². The van der Waals surface area contributed by atoms with Gasteiger partial charge in [0, 0.05) is 19.0 Å². The summed E-state index contributed by atoms with van der Waals surface area (Å²) in [6, 6.07) is 38.7. The van der Waals surface area contributed by atoms with Gasteiger partial charge in [-0.1, -0.05) is 115 Å². The fraction of sp³-hybridized carbons (Fsp3) is 0.200. The quantitative estimate of drug-likeness (QED) is 0.0298. The van der Waals surface area contributed by atoms with E-state index in [9.17, 15) is 33.9 Å². The molecule has 70 heavy (non-hydrogen) atoms. The van der Waals surface area contributed by atoms with E-state index in [-0.39, 0.29) is 81.0 Å². The molecule has 0 fully saturated rings. The number of anilines is 2. The number of rotatable bonds is 17. The van der Waals surface area contributed by atoms with Crippen LogP contribution in [0.15, 0.2) is 143 Å². The molecule has 2 aliphatic rings. The van der Waals surface area contributed by atoms with Crippen molar-refractivity contribution in [2.45, 2.75) is 25.7 Å². The van der Waals surface area contributed by atoms with E-state index in [4.69, 9.17) is 23.7 Å². The SMILES string of the molecule is O=C(O)CN(CCNC(=O)OCC1c2ccccc2-c2ccccc21)C(=O)Cn1cc2c(nc1=O)Nc1c(OCCN=C(NC(=O)OCc3ccccc3)NC(=O)OCc3ccccc3)cccc1O2. The van der Waals surface area contributed by atoms with E-state index >= 15 is 0 Å². The number of amides is 4. The topological polar surface area (TPSA) is 250 Å². The maximum absolute atomic E-state index is 13.5. The predicted molar refractivity (Wildman–Crippen MR) is 253 cm³/mol. The molecule has 358 valence electrons. The van der Waals surface area contributed by atoms with Gasteiger partial charge < -0.3 is 44.3 Å². The second kappa shape index (κ2) is 22.5. The Morgan fingerprint density at radius 2 is 1.36 bits per heavy atom. The van der Waals surface area contributed by atoms with E-state index in [2.05, 4.69) is 31.2 Å². The van der Waals surface area contributed by atoms with Gasteiger partial charge in [0.15, 0.2) is 17.3 Å². The number of aliphatic carboxylic acids is 1. The molecule has 0 bridgehead atoms. The number of hydrogen-bond donors (Lipinski definition) is 5. The maximum atomic E-state index is 13.5. The highest BCUT2D eigenvalue weighted by molar-refractivity contribution is 6.01. The number of nitrogens with one attached hydrogen (secondary N) is 4. The molecule has 1 aromatic heterocycles.